The van der Waals surface area contributed by atoms with E-state index in [0.29, 0.717) is 13.0 Å². The molecule has 23 heavy (non-hydrogen) atoms. The highest BCUT2D eigenvalue weighted by Crippen LogP contribution is 2.28. The van der Waals surface area contributed by atoms with Crippen molar-refractivity contribution in [2.75, 3.05) is 19.6 Å². The summed E-state index contributed by atoms with van der Waals surface area (Å²) in [6, 6.07) is 6.42. The van der Waals surface area contributed by atoms with Crippen LogP contribution < -0.4 is 11.1 Å². The van der Waals surface area contributed by atoms with E-state index in [9.17, 15) is 9.18 Å². The third-order valence-electron chi connectivity index (χ3n) is 4.90. The Morgan fingerprint density at radius 3 is 2.70 bits per heavy atom. The van der Waals surface area contributed by atoms with Crippen LogP contribution in [0.2, 0.25) is 0 Å². The second-order valence-electron chi connectivity index (χ2n) is 7.20. The highest BCUT2D eigenvalue weighted by molar-refractivity contribution is 5.81. The molecule has 3 N–H and O–H groups in total. The normalized spacial score (nSPS) is 22.6. The van der Waals surface area contributed by atoms with Crippen molar-refractivity contribution in [2.24, 2.45) is 11.1 Å². The number of amides is 1. The van der Waals surface area contributed by atoms with E-state index in [0.717, 1.165) is 25.1 Å². The Bertz CT molecular complexity index is 530. The van der Waals surface area contributed by atoms with Gasteiger partial charge in [-0.2, -0.15) is 0 Å². The molecule has 1 aromatic carbocycles. The molecule has 1 aromatic rings. The molecule has 1 aliphatic heterocycles. The largest absolute Gasteiger partial charge is 0.354 e. The Hall–Kier alpha value is -1.46. The van der Waals surface area contributed by atoms with Crippen LogP contribution >= 0.6 is 0 Å². The third kappa shape index (κ3) is 4.75. The molecule has 0 spiro atoms. The van der Waals surface area contributed by atoms with Crippen LogP contribution in [0.4, 0.5) is 4.39 Å². The summed E-state index contributed by atoms with van der Waals surface area (Å²) in [6.07, 6.45) is 1.62. The van der Waals surface area contributed by atoms with Gasteiger partial charge in [0.25, 0.3) is 0 Å². The van der Waals surface area contributed by atoms with E-state index in [1.807, 2.05) is 6.92 Å². The van der Waals surface area contributed by atoms with Crippen LogP contribution in [-0.4, -0.2) is 42.5 Å². The topological polar surface area (TPSA) is 58.4 Å². The van der Waals surface area contributed by atoms with Crippen LogP contribution in [0.3, 0.4) is 0 Å². The number of nitrogens with one attached hydrogen (secondary N) is 1. The van der Waals surface area contributed by atoms with Gasteiger partial charge in [-0.25, -0.2) is 4.39 Å². The van der Waals surface area contributed by atoms with E-state index < -0.39 is 0 Å². The zero-order valence-corrected chi connectivity index (χ0v) is 14.3. The summed E-state index contributed by atoms with van der Waals surface area (Å²) in [5.74, 6) is -0.198. The van der Waals surface area contributed by atoms with Crippen molar-refractivity contribution < 1.29 is 9.18 Å². The number of piperidine rings is 1. The summed E-state index contributed by atoms with van der Waals surface area (Å²) in [7, 11) is 0. The molecule has 0 saturated carbocycles. The first-order valence-corrected chi connectivity index (χ1v) is 8.31. The number of likely N-dealkylation sites (tertiary alicyclic amines) is 1. The molecular formula is C18H28FN3O. The van der Waals surface area contributed by atoms with Gasteiger partial charge in [0, 0.05) is 25.7 Å². The van der Waals surface area contributed by atoms with Crippen LogP contribution in [0.25, 0.3) is 0 Å². The summed E-state index contributed by atoms with van der Waals surface area (Å²) in [5, 5.41) is 2.98. The quantitative estimate of drug-likeness (QED) is 0.871. The maximum atomic E-state index is 12.9. The summed E-state index contributed by atoms with van der Waals surface area (Å²) in [4.78, 5) is 14.5. The van der Waals surface area contributed by atoms with Gasteiger partial charge >= 0.3 is 0 Å². The fourth-order valence-electron chi connectivity index (χ4n) is 3.04. The fraction of sp³-hybridized carbons (Fsp3) is 0.611. The van der Waals surface area contributed by atoms with Crippen molar-refractivity contribution in [1.82, 2.24) is 10.2 Å². The van der Waals surface area contributed by atoms with Crippen LogP contribution in [0.5, 0.6) is 0 Å². The highest BCUT2D eigenvalue weighted by Gasteiger charge is 2.36. The first-order chi connectivity index (χ1) is 10.8. The Morgan fingerprint density at radius 1 is 1.43 bits per heavy atom. The molecule has 1 fully saturated rings. The first-order valence-electron chi connectivity index (χ1n) is 8.31. The monoisotopic (exact) mass is 321 g/mol. The Kier molecular flexibility index (Phi) is 5.76. The van der Waals surface area contributed by atoms with E-state index in [1.165, 1.54) is 12.1 Å². The van der Waals surface area contributed by atoms with Crippen LogP contribution in [-0.2, 0) is 11.2 Å². The molecule has 1 aliphatic rings. The zero-order valence-electron chi connectivity index (χ0n) is 14.3. The minimum Gasteiger partial charge on any atom is -0.354 e. The minimum atomic E-state index is -0.239. The maximum absolute atomic E-state index is 12.9. The summed E-state index contributed by atoms with van der Waals surface area (Å²) in [6.45, 7) is 8.51. The summed E-state index contributed by atoms with van der Waals surface area (Å²) >= 11 is 0. The smallest absolute Gasteiger partial charge is 0.237 e. The van der Waals surface area contributed by atoms with Gasteiger partial charge in [-0.3, -0.25) is 9.69 Å². The lowest BCUT2D eigenvalue weighted by atomic mass is 9.79. The third-order valence-corrected chi connectivity index (χ3v) is 4.90. The van der Waals surface area contributed by atoms with Crippen molar-refractivity contribution >= 4 is 5.91 Å². The SMILES string of the molecule is CC(C(=O)NCCc1ccc(F)cc1)N1CCC(N)C(C)(C)C1. The average Bonchev–Trinajstić information content (AvgIpc) is 2.51. The number of nitrogens with two attached hydrogens (primary N) is 1. The predicted molar refractivity (Wildman–Crippen MR) is 90.5 cm³/mol. The summed E-state index contributed by atoms with van der Waals surface area (Å²) < 4.78 is 12.9. The van der Waals surface area contributed by atoms with Crippen LogP contribution in [0.1, 0.15) is 32.8 Å². The summed E-state index contributed by atoms with van der Waals surface area (Å²) in [5.41, 5.74) is 7.20. The van der Waals surface area contributed by atoms with Crippen molar-refractivity contribution in [3.8, 4) is 0 Å². The number of nitrogens with zero attached hydrogens (tertiary/aromatic N) is 1. The molecule has 5 heteroatoms. The van der Waals surface area contributed by atoms with Gasteiger partial charge in [0.1, 0.15) is 5.82 Å². The Morgan fingerprint density at radius 2 is 2.09 bits per heavy atom. The van der Waals surface area contributed by atoms with Crippen LogP contribution in [0, 0.1) is 11.2 Å². The van der Waals surface area contributed by atoms with Crippen molar-refractivity contribution in [3.63, 3.8) is 0 Å². The van der Waals surface area contributed by atoms with Crippen LogP contribution in [0.15, 0.2) is 24.3 Å². The molecule has 2 rings (SSSR count). The lowest BCUT2D eigenvalue weighted by Gasteiger charge is -2.44. The van der Waals surface area contributed by atoms with Crippen molar-refractivity contribution in [1.29, 1.82) is 0 Å². The molecule has 1 amide bonds. The molecule has 1 heterocycles. The molecular weight excluding hydrogens is 293 g/mol. The lowest BCUT2D eigenvalue weighted by molar-refractivity contribution is -0.127. The van der Waals surface area contributed by atoms with Gasteiger partial charge in [0.05, 0.1) is 6.04 Å². The maximum Gasteiger partial charge on any atom is 0.237 e. The lowest BCUT2D eigenvalue weighted by Crippen LogP contribution is -2.57. The Labute approximate surface area is 138 Å². The van der Waals surface area contributed by atoms with Gasteiger partial charge in [0.15, 0.2) is 0 Å². The predicted octanol–water partition coefficient (Wildman–Crippen LogP) is 1.93. The van der Waals surface area contributed by atoms with Crippen molar-refractivity contribution in [2.45, 2.75) is 45.7 Å². The highest BCUT2D eigenvalue weighted by atomic mass is 19.1. The van der Waals surface area contributed by atoms with E-state index >= 15 is 0 Å². The number of hydrogen-bond acceptors (Lipinski definition) is 3. The molecule has 128 valence electrons. The zero-order chi connectivity index (χ0) is 17.0. The van der Waals surface area contributed by atoms with Crippen molar-refractivity contribution in [3.05, 3.63) is 35.6 Å². The number of halogens is 1. The van der Waals surface area contributed by atoms with Gasteiger partial charge in [-0.1, -0.05) is 26.0 Å². The van der Waals surface area contributed by atoms with Gasteiger partial charge in [-0.05, 0) is 42.9 Å². The first kappa shape index (κ1) is 17.9. The van der Waals surface area contributed by atoms with E-state index in [-0.39, 0.29) is 29.2 Å². The number of carbonyl (C=O) groups is 1. The molecule has 0 radical (unpaired) electrons. The van der Waals surface area contributed by atoms with E-state index in [2.05, 4.69) is 24.1 Å². The van der Waals surface area contributed by atoms with Gasteiger partial charge < -0.3 is 11.1 Å². The molecule has 4 nitrogen and oxygen atoms in total. The minimum absolute atomic E-state index is 0.0287. The fourth-order valence-corrected chi connectivity index (χ4v) is 3.04. The second-order valence-corrected chi connectivity index (χ2v) is 7.20. The van der Waals surface area contributed by atoms with Gasteiger partial charge in [-0.15, -0.1) is 0 Å². The molecule has 0 aromatic heterocycles. The molecule has 0 bridgehead atoms. The average molecular weight is 321 g/mol. The van der Waals surface area contributed by atoms with E-state index in [4.69, 9.17) is 5.73 Å². The number of rotatable bonds is 5. The van der Waals surface area contributed by atoms with Gasteiger partial charge in [0.2, 0.25) is 5.91 Å². The molecule has 2 unspecified atom stereocenters. The van der Waals surface area contributed by atoms with E-state index in [1.54, 1.807) is 12.1 Å². The number of hydrogen-bond donors (Lipinski definition) is 2. The molecule has 2 atom stereocenters. The number of carbonyl (C=O) groups excluding carboxylic acids is 1. The number of benzene rings is 1. The standard InChI is InChI=1S/C18H28FN3O/c1-13(22-11-9-16(20)18(2,3)12-22)17(23)21-10-8-14-4-6-15(19)7-5-14/h4-7,13,16H,8-12,20H2,1-3H3,(H,21,23). The Balaban J connectivity index is 1.80. The molecule has 1 saturated heterocycles. The molecule has 0 aliphatic carbocycles. The second kappa shape index (κ2) is 7.41.